The third-order valence-corrected chi connectivity index (χ3v) is 2.56. The largest absolute Gasteiger partial charge is 0.495 e. The fourth-order valence-electron chi connectivity index (χ4n) is 1.37. The van der Waals surface area contributed by atoms with Crippen LogP contribution < -0.4 is 10.5 Å². The standard InChI is InChI=1S/C10H10BrN3O/c1-15-9-3-2-7(11)6-8(9)14-5-4-13-10(14)12/h2-6H,1H3,(H2,12,13). The molecule has 0 spiro atoms. The summed E-state index contributed by atoms with van der Waals surface area (Å²) in [6.45, 7) is 0. The van der Waals surface area contributed by atoms with Crippen LogP contribution in [0.1, 0.15) is 0 Å². The molecule has 0 aliphatic rings. The second-order valence-electron chi connectivity index (χ2n) is 2.97. The van der Waals surface area contributed by atoms with Crippen molar-refractivity contribution < 1.29 is 4.74 Å². The van der Waals surface area contributed by atoms with Gasteiger partial charge in [0, 0.05) is 16.9 Å². The lowest BCUT2D eigenvalue weighted by Crippen LogP contribution is -2.01. The third-order valence-electron chi connectivity index (χ3n) is 2.07. The monoisotopic (exact) mass is 267 g/mol. The number of methoxy groups -OCH3 is 1. The topological polar surface area (TPSA) is 53.1 Å². The van der Waals surface area contributed by atoms with Gasteiger partial charge in [-0.1, -0.05) is 15.9 Å². The Labute approximate surface area is 95.8 Å². The molecule has 2 N–H and O–H groups in total. The summed E-state index contributed by atoms with van der Waals surface area (Å²) in [5.74, 6) is 1.19. The van der Waals surface area contributed by atoms with E-state index in [1.54, 1.807) is 24.1 Å². The molecule has 15 heavy (non-hydrogen) atoms. The summed E-state index contributed by atoms with van der Waals surface area (Å²) >= 11 is 3.41. The molecular weight excluding hydrogens is 258 g/mol. The van der Waals surface area contributed by atoms with Crippen LogP contribution in [0.25, 0.3) is 5.69 Å². The smallest absolute Gasteiger partial charge is 0.204 e. The van der Waals surface area contributed by atoms with Crippen molar-refractivity contribution in [3.63, 3.8) is 0 Å². The van der Waals surface area contributed by atoms with Gasteiger partial charge < -0.3 is 10.5 Å². The summed E-state index contributed by atoms with van der Waals surface area (Å²) in [4.78, 5) is 3.97. The first-order chi connectivity index (χ1) is 7.22. The fraction of sp³-hybridized carbons (Fsp3) is 0.100. The van der Waals surface area contributed by atoms with Crippen LogP contribution in [0, 0.1) is 0 Å². The van der Waals surface area contributed by atoms with Crippen molar-refractivity contribution in [2.45, 2.75) is 0 Å². The van der Waals surface area contributed by atoms with E-state index in [2.05, 4.69) is 20.9 Å². The van der Waals surface area contributed by atoms with Gasteiger partial charge in [0.05, 0.1) is 12.8 Å². The molecule has 0 atom stereocenters. The third kappa shape index (κ3) is 1.83. The molecule has 5 heteroatoms. The maximum atomic E-state index is 5.73. The highest BCUT2D eigenvalue weighted by Gasteiger charge is 2.08. The molecule has 1 aromatic carbocycles. The second kappa shape index (κ2) is 3.94. The lowest BCUT2D eigenvalue weighted by atomic mass is 10.3. The first-order valence-electron chi connectivity index (χ1n) is 4.35. The van der Waals surface area contributed by atoms with Crippen molar-refractivity contribution in [3.8, 4) is 11.4 Å². The molecule has 78 valence electrons. The fourth-order valence-corrected chi connectivity index (χ4v) is 1.72. The van der Waals surface area contributed by atoms with Gasteiger partial charge in [-0.15, -0.1) is 0 Å². The highest BCUT2D eigenvalue weighted by molar-refractivity contribution is 9.10. The second-order valence-corrected chi connectivity index (χ2v) is 3.89. The molecule has 4 nitrogen and oxygen atoms in total. The SMILES string of the molecule is COc1ccc(Br)cc1-n1ccnc1N. The number of ether oxygens (including phenoxy) is 1. The van der Waals surface area contributed by atoms with E-state index in [0.717, 1.165) is 15.9 Å². The number of nitrogen functional groups attached to an aromatic ring is 1. The number of nitrogens with zero attached hydrogens (tertiary/aromatic N) is 2. The summed E-state index contributed by atoms with van der Waals surface area (Å²) in [7, 11) is 1.62. The first kappa shape index (κ1) is 10.0. The highest BCUT2D eigenvalue weighted by atomic mass is 79.9. The minimum absolute atomic E-state index is 0.436. The quantitative estimate of drug-likeness (QED) is 0.908. The van der Waals surface area contributed by atoms with Crippen LogP contribution in [0.5, 0.6) is 5.75 Å². The zero-order chi connectivity index (χ0) is 10.8. The van der Waals surface area contributed by atoms with E-state index >= 15 is 0 Å². The lowest BCUT2D eigenvalue weighted by molar-refractivity contribution is 0.413. The van der Waals surface area contributed by atoms with Crippen LogP contribution >= 0.6 is 15.9 Å². The minimum atomic E-state index is 0.436. The van der Waals surface area contributed by atoms with Gasteiger partial charge in [-0.05, 0) is 18.2 Å². The van der Waals surface area contributed by atoms with E-state index in [1.807, 2.05) is 18.2 Å². The van der Waals surface area contributed by atoms with Crippen LogP contribution in [-0.4, -0.2) is 16.7 Å². The van der Waals surface area contributed by atoms with Crippen molar-refractivity contribution in [3.05, 3.63) is 35.1 Å². The number of aromatic nitrogens is 2. The predicted octanol–water partition coefficient (Wildman–Crippen LogP) is 2.23. The molecule has 2 rings (SSSR count). The van der Waals surface area contributed by atoms with Crippen LogP contribution in [-0.2, 0) is 0 Å². The van der Waals surface area contributed by atoms with Gasteiger partial charge in [-0.3, -0.25) is 4.57 Å². The van der Waals surface area contributed by atoms with E-state index in [4.69, 9.17) is 10.5 Å². The van der Waals surface area contributed by atoms with Crippen LogP contribution in [0.15, 0.2) is 35.1 Å². The Kier molecular flexibility index (Phi) is 2.64. The normalized spacial score (nSPS) is 10.3. The molecule has 0 amide bonds. The van der Waals surface area contributed by atoms with Crippen LogP contribution in [0.3, 0.4) is 0 Å². The Balaban J connectivity index is 2.60. The maximum absolute atomic E-state index is 5.73. The van der Waals surface area contributed by atoms with Gasteiger partial charge >= 0.3 is 0 Å². The molecular formula is C10H10BrN3O. The average Bonchev–Trinajstić information content (AvgIpc) is 2.64. The number of anilines is 1. The summed E-state index contributed by atoms with van der Waals surface area (Å²) < 4.78 is 7.99. The summed E-state index contributed by atoms with van der Waals surface area (Å²) in [6.07, 6.45) is 3.44. The molecule has 0 saturated carbocycles. The zero-order valence-corrected chi connectivity index (χ0v) is 9.73. The number of rotatable bonds is 2. The molecule has 1 aromatic heterocycles. The molecule has 0 fully saturated rings. The molecule has 0 saturated heterocycles. The van der Waals surface area contributed by atoms with Crippen molar-refractivity contribution in [2.24, 2.45) is 0 Å². The molecule has 0 bridgehead atoms. The zero-order valence-electron chi connectivity index (χ0n) is 8.14. The van der Waals surface area contributed by atoms with Gasteiger partial charge in [0.2, 0.25) is 5.95 Å². The number of nitrogens with two attached hydrogens (primary N) is 1. The summed E-state index contributed by atoms with van der Waals surface area (Å²) in [6, 6.07) is 5.71. The Morgan fingerprint density at radius 3 is 2.87 bits per heavy atom. The van der Waals surface area contributed by atoms with E-state index in [1.165, 1.54) is 0 Å². The number of hydrogen-bond acceptors (Lipinski definition) is 3. The van der Waals surface area contributed by atoms with Gasteiger partial charge in [0.15, 0.2) is 0 Å². The van der Waals surface area contributed by atoms with Gasteiger partial charge in [-0.2, -0.15) is 0 Å². The average molecular weight is 268 g/mol. The van der Waals surface area contributed by atoms with E-state index in [9.17, 15) is 0 Å². The molecule has 0 aliphatic carbocycles. The van der Waals surface area contributed by atoms with Crippen LogP contribution in [0.4, 0.5) is 5.95 Å². The van der Waals surface area contributed by atoms with Crippen molar-refractivity contribution >= 4 is 21.9 Å². The maximum Gasteiger partial charge on any atom is 0.204 e. The Hall–Kier alpha value is -1.49. The first-order valence-corrected chi connectivity index (χ1v) is 5.14. The van der Waals surface area contributed by atoms with Gasteiger partial charge in [-0.25, -0.2) is 4.98 Å². The predicted molar refractivity (Wildman–Crippen MR) is 62.2 cm³/mol. The number of benzene rings is 1. The number of imidazole rings is 1. The Morgan fingerprint density at radius 1 is 1.47 bits per heavy atom. The molecule has 1 heterocycles. The molecule has 2 aromatic rings. The van der Waals surface area contributed by atoms with Crippen molar-refractivity contribution in [2.75, 3.05) is 12.8 Å². The summed E-state index contributed by atoms with van der Waals surface area (Å²) in [5.41, 5.74) is 6.59. The molecule has 0 unspecified atom stereocenters. The Bertz CT molecular complexity index is 481. The minimum Gasteiger partial charge on any atom is -0.495 e. The van der Waals surface area contributed by atoms with E-state index in [0.29, 0.717) is 5.95 Å². The van der Waals surface area contributed by atoms with E-state index in [-0.39, 0.29) is 0 Å². The van der Waals surface area contributed by atoms with Gasteiger partial charge in [0.25, 0.3) is 0 Å². The molecule has 0 radical (unpaired) electrons. The van der Waals surface area contributed by atoms with Crippen molar-refractivity contribution in [1.29, 1.82) is 0 Å². The summed E-state index contributed by atoms with van der Waals surface area (Å²) in [5, 5.41) is 0. The highest BCUT2D eigenvalue weighted by Crippen LogP contribution is 2.27. The van der Waals surface area contributed by atoms with Crippen LogP contribution in [0.2, 0.25) is 0 Å². The lowest BCUT2D eigenvalue weighted by Gasteiger charge is -2.10. The Morgan fingerprint density at radius 2 is 2.27 bits per heavy atom. The number of hydrogen-bond donors (Lipinski definition) is 1. The molecule has 0 aliphatic heterocycles. The number of halogens is 1. The van der Waals surface area contributed by atoms with Crippen molar-refractivity contribution in [1.82, 2.24) is 9.55 Å². The van der Waals surface area contributed by atoms with E-state index < -0.39 is 0 Å². The van der Waals surface area contributed by atoms with Gasteiger partial charge in [0.1, 0.15) is 5.75 Å².